The van der Waals surface area contributed by atoms with Crippen LogP contribution < -0.4 is 15.8 Å². The standard InChI is InChI=1S/C17H26N2O2/c1-3-10-19-17(2,16(18)20)9-11-21-15-8-7-13-5-4-6-14(13)12-15/h7-8,12,19H,3-6,9-11H2,1-2H3,(H2,18,20). The largest absolute Gasteiger partial charge is 0.494 e. The van der Waals surface area contributed by atoms with Gasteiger partial charge in [-0.2, -0.15) is 0 Å². The summed E-state index contributed by atoms with van der Waals surface area (Å²) in [5.74, 6) is 0.562. The Morgan fingerprint density at radius 2 is 2.14 bits per heavy atom. The van der Waals surface area contributed by atoms with Crippen molar-refractivity contribution in [1.29, 1.82) is 0 Å². The number of hydrogen-bond donors (Lipinski definition) is 2. The Balaban J connectivity index is 1.88. The molecule has 1 aliphatic rings. The third kappa shape index (κ3) is 3.97. The van der Waals surface area contributed by atoms with Crippen molar-refractivity contribution in [2.24, 2.45) is 5.73 Å². The van der Waals surface area contributed by atoms with E-state index in [9.17, 15) is 4.79 Å². The summed E-state index contributed by atoms with van der Waals surface area (Å²) in [6, 6.07) is 6.30. The van der Waals surface area contributed by atoms with Crippen molar-refractivity contribution >= 4 is 5.91 Å². The highest BCUT2D eigenvalue weighted by molar-refractivity contribution is 5.84. The minimum absolute atomic E-state index is 0.325. The number of primary amides is 1. The lowest BCUT2D eigenvalue weighted by molar-refractivity contribution is -0.124. The van der Waals surface area contributed by atoms with Gasteiger partial charge >= 0.3 is 0 Å². The molecule has 0 radical (unpaired) electrons. The average Bonchev–Trinajstić information content (AvgIpc) is 2.92. The molecule has 1 atom stereocenters. The number of fused-ring (bicyclic) bond motifs is 1. The molecule has 3 N–H and O–H groups in total. The molecule has 1 aliphatic carbocycles. The number of amides is 1. The van der Waals surface area contributed by atoms with Gasteiger partial charge < -0.3 is 15.8 Å². The third-order valence-corrected chi connectivity index (χ3v) is 4.25. The van der Waals surface area contributed by atoms with E-state index in [2.05, 4.69) is 24.4 Å². The highest BCUT2D eigenvalue weighted by Crippen LogP contribution is 2.26. The van der Waals surface area contributed by atoms with Gasteiger partial charge in [-0.05, 0) is 62.4 Å². The summed E-state index contributed by atoms with van der Waals surface area (Å²) in [5.41, 5.74) is 7.64. The maximum Gasteiger partial charge on any atom is 0.237 e. The van der Waals surface area contributed by atoms with Crippen LogP contribution in [0.25, 0.3) is 0 Å². The fourth-order valence-electron chi connectivity index (χ4n) is 2.71. The molecule has 0 aromatic heterocycles. The lowest BCUT2D eigenvalue weighted by Crippen LogP contribution is -2.54. The zero-order valence-corrected chi connectivity index (χ0v) is 13.1. The second-order valence-electron chi connectivity index (χ2n) is 6.01. The maximum absolute atomic E-state index is 11.6. The zero-order chi connectivity index (χ0) is 15.3. The predicted molar refractivity (Wildman–Crippen MR) is 84.5 cm³/mol. The van der Waals surface area contributed by atoms with Crippen LogP contribution in [0, 0.1) is 0 Å². The average molecular weight is 290 g/mol. The Labute approximate surface area is 127 Å². The molecule has 0 saturated carbocycles. The minimum atomic E-state index is -0.702. The smallest absolute Gasteiger partial charge is 0.237 e. The van der Waals surface area contributed by atoms with Crippen molar-refractivity contribution < 1.29 is 9.53 Å². The number of carbonyl (C=O) groups is 1. The first-order valence-corrected chi connectivity index (χ1v) is 7.84. The van der Waals surface area contributed by atoms with Gasteiger partial charge in [-0.1, -0.05) is 13.0 Å². The molecule has 4 nitrogen and oxygen atoms in total. The Bertz CT molecular complexity index is 502. The molecule has 0 heterocycles. The van der Waals surface area contributed by atoms with E-state index >= 15 is 0 Å². The molecule has 0 aliphatic heterocycles. The number of carbonyl (C=O) groups excluding carboxylic acids is 1. The minimum Gasteiger partial charge on any atom is -0.494 e. The van der Waals surface area contributed by atoms with E-state index in [4.69, 9.17) is 10.5 Å². The molecule has 1 aromatic carbocycles. The molecule has 21 heavy (non-hydrogen) atoms. The summed E-state index contributed by atoms with van der Waals surface area (Å²) < 4.78 is 5.81. The lowest BCUT2D eigenvalue weighted by Gasteiger charge is -2.27. The van der Waals surface area contributed by atoms with Crippen molar-refractivity contribution in [3.8, 4) is 5.75 Å². The van der Waals surface area contributed by atoms with Crippen LogP contribution in [0.2, 0.25) is 0 Å². The van der Waals surface area contributed by atoms with Gasteiger partial charge in [0.2, 0.25) is 5.91 Å². The molecule has 0 fully saturated rings. The van der Waals surface area contributed by atoms with E-state index in [-0.39, 0.29) is 5.91 Å². The number of nitrogens with two attached hydrogens (primary N) is 1. The summed E-state index contributed by atoms with van der Waals surface area (Å²) in [4.78, 5) is 11.6. The molecular formula is C17H26N2O2. The van der Waals surface area contributed by atoms with E-state index in [0.717, 1.165) is 25.1 Å². The quantitative estimate of drug-likeness (QED) is 0.771. The predicted octanol–water partition coefficient (Wildman–Crippen LogP) is 2.19. The van der Waals surface area contributed by atoms with Crippen LogP contribution >= 0.6 is 0 Å². The fourth-order valence-corrected chi connectivity index (χ4v) is 2.71. The molecular weight excluding hydrogens is 264 g/mol. The fraction of sp³-hybridized carbons (Fsp3) is 0.588. The van der Waals surface area contributed by atoms with E-state index < -0.39 is 5.54 Å². The van der Waals surface area contributed by atoms with Crippen LogP contribution in [0.3, 0.4) is 0 Å². The molecule has 4 heteroatoms. The second-order valence-corrected chi connectivity index (χ2v) is 6.01. The van der Waals surface area contributed by atoms with Crippen molar-refractivity contribution in [1.82, 2.24) is 5.32 Å². The Kier molecular flexibility index (Phi) is 5.23. The summed E-state index contributed by atoms with van der Waals surface area (Å²) in [5, 5.41) is 3.22. The van der Waals surface area contributed by atoms with Crippen LogP contribution in [-0.2, 0) is 17.6 Å². The Morgan fingerprint density at radius 1 is 1.38 bits per heavy atom. The van der Waals surface area contributed by atoms with Crippen LogP contribution in [0.5, 0.6) is 5.75 Å². The molecule has 0 bridgehead atoms. The van der Waals surface area contributed by atoms with Gasteiger partial charge in [0, 0.05) is 6.42 Å². The van der Waals surface area contributed by atoms with Gasteiger partial charge in [-0.25, -0.2) is 0 Å². The van der Waals surface area contributed by atoms with E-state index in [0.29, 0.717) is 13.0 Å². The highest BCUT2D eigenvalue weighted by atomic mass is 16.5. The number of aryl methyl sites for hydroxylation is 2. The zero-order valence-electron chi connectivity index (χ0n) is 13.1. The van der Waals surface area contributed by atoms with Crippen LogP contribution in [0.4, 0.5) is 0 Å². The summed E-state index contributed by atoms with van der Waals surface area (Å²) in [7, 11) is 0. The van der Waals surface area contributed by atoms with E-state index in [1.54, 1.807) is 0 Å². The number of benzene rings is 1. The molecule has 116 valence electrons. The molecule has 0 spiro atoms. The van der Waals surface area contributed by atoms with Gasteiger partial charge in [0.1, 0.15) is 5.75 Å². The normalized spacial score (nSPS) is 16.3. The van der Waals surface area contributed by atoms with Crippen molar-refractivity contribution in [3.63, 3.8) is 0 Å². The van der Waals surface area contributed by atoms with Gasteiger partial charge in [0.25, 0.3) is 0 Å². The number of ether oxygens (including phenoxy) is 1. The Morgan fingerprint density at radius 3 is 2.86 bits per heavy atom. The lowest BCUT2D eigenvalue weighted by atomic mass is 9.97. The SMILES string of the molecule is CCCNC(C)(CCOc1ccc2c(c1)CCC2)C(N)=O. The summed E-state index contributed by atoms with van der Waals surface area (Å²) in [6.07, 6.45) is 5.09. The number of hydrogen-bond acceptors (Lipinski definition) is 3. The molecule has 1 aromatic rings. The van der Waals surface area contributed by atoms with Gasteiger partial charge in [-0.15, -0.1) is 0 Å². The first-order valence-electron chi connectivity index (χ1n) is 7.84. The van der Waals surface area contributed by atoms with Crippen LogP contribution in [0.15, 0.2) is 18.2 Å². The van der Waals surface area contributed by atoms with Crippen LogP contribution in [0.1, 0.15) is 44.2 Å². The monoisotopic (exact) mass is 290 g/mol. The maximum atomic E-state index is 11.6. The van der Waals surface area contributed by atoms with Crippen molar-refractivity contribution in [2.45, 2.75) is 51.5 Å². The van der Waals surface area contributed by atoms with Gasteiger partial charge in [-0.3, -0.25) is 4.79 Å². The van der Waals surface area contributed by atoms with E-state index in [1.807, 2.05) is 13.0 Å². The topological polar surface area (TPSA) is 64.3 Å². The van der Waals surface area contributed by atoms with Crippen molar-refractivity contribution in [3.05, 3.63) is 29.3 Å². The van der Waals surface area contributed by atoms with Gasteiger partial charge in [0.05, 0.1) is 12.1 Å². The molecule has 0 saturated heterocycles. The van der Waals surface area contributed by atoms with Crippen LogP contribution in [-0.4, -0.2) is 24.6 Å². The Hall–Kier alpha value is -1.55. The second kappa shape index (κ2) is 6.94. The third-order valence-electron chi connectivity index (χ3n) is 4.25. The molecule has 1 amide bonds. The number of nitrogens with one attached hydrogen (secondary N) is 1. The number of rotatable bonds is 8. The molecule has 1 unspecified atom stereocenters. The summed E-state index contributed by atoms with van der Waals surface area (Å²) >= 11 is 0. The summed E-state index contributed by atoms with van der Waals surface area (Å²) in [6.45, 7) is 5.17. The first-order chi connectivity index (χ1) is 10.0. The molecule has 2 rings (SSSR count). The van der Waals surface area contributed by atoms with E-state index in [1.165, 1.54) is 24.0 Å². The van der Waals surface area contributed by atoms with Gasteiger partial charge in [0.15, 0.2) is 0 Å². The first kappa shape index (κ1) is 15.8. The highest BCUT2D eigenvalue weighted by Gasteiger charge is 2.29. The van der Waals surface area contributed by atoms with Crippen molar-refractivity contribution in [2.75, 3.05) is 13.2 Å².